The standard InChI is InChI=1S/C18H14ClNO3S2/c1-22-14-8-7-11(9-15(14)23-2)10-16-17(21)20(18(24)25-16)13-6-4-3-5-12(13)19/h3-10H,1-2H3/b16-10-. The number of anilines is 1. The van der Waals surface area contributed by atoms with Gasteiger partial charge in [-0.3, -0.25) is 9.69 Å². The number of amides is 1. The molecule has 3 rings (SSSR count). The van der Waals surface area contributed by atoms with Gasteiger partial charge in [-0.15, -0.1) is 0 Å². The number of halogens is 1. The lowest BCUT2D eigenvalue weighted by Gasteiger charge is -2.15. The van der Waals surface area contributed by atoms with Crippen LogP contribution in [0.2, 0.25) is 5.02 Å². The molecule has 0 aliphatic carbocycles. The number of para-hydroxylation sites is 1. The van der Waals surface area contributed by atoms with Crippen LogP contribution >= 0.6 is 35.6 Å². The monoisotopic (exact) mass is 391 g/mol. The van der Waals surface area contributed by atoms with Gasteiger partial charge in [0.15, 0.2) is 15.8 Å². The zero-order chi connectivity index (χ0) is 18.0. The first-order valence-corrected chi connectivity index (χ1v) is 8.90. The highest BCUT2D eigenvalue weighted by Crippen LogP contribution is 2.39. The van der Waals surface area contributed by atoms with E-state index in [-0.39, 0.29) is 5.91 Å². The molecular weight excluding hydrogens is 378 g/mol. The molecule has 0 unspecified atom stereocenters. The first-order valence-electron chi connectivity index (χ1n) is 7.29. The molecule has 2 aromatic rings. The molecule has 1 amide bonds. The number of rotatable bonds is 4. The lowest BCUT2D eigenvalue weighted by molar-refractivity contribution is -0.113. The number of nitrogens with zero attached hydrogens (tertiary/aromatic N) is 1. The number of methoxy groups -OCH3 is 2. The van der Waals surface area contributed by atoms with Crippen molar-refractivity contribution in [1.82, 2.24) is 0 Å². The maximum absolute atomic E-state index is 12.8. The number of hydrogen-bond donors (Lipinski definition) is 0. The maximum Gasteiger partial charge on any atom is 0.270 e. The number of hydrogen-bond acceptors (Lipinski definition) is 5. The molecule has 0 radical (unpaired) electrons. The Morgan fingerprint density at radius 3 is 2.52 bits per heavy atom. The summed E-state index contributed by atoms with van der Waals surface area (Å²) in [7, 11) is 3.14. The Bertz CT molecular complexity index is 882. The van der Waals surface area contributed by atoms with E-state index in [1.54, 1.807) is 44.6 Å². The highest BCUT2D eigenvalue weighted by Gasteiger charge is 2.34. The lowest BCUT2D eigenvalue weighted by atomic mass is 10.2. The molecule has 0 bridgehead atoms. The fourth-order valence-electron chi connectivity index (χ4n) is 2.40. The summed E-state index contributed by atoms with van der Waals surface area (Å²) < 4.78 is 11.0. The molecule has 2 aromatic carbocycles. The second-order valence-corrected chi connectivity index (χ2v) is 7.17. The summed E-state index contributed by atoms with van der Waals surface area (Å²) in [5.41, 5.74) is 1.40. The molecule has 1 fully saturated rings. The van der Waals surface area contributed by atoms with Gasteiger partial charge in [-0.1, -0.05) is 53.8 Å². The van der Waals surface area contributed by atoms with Gasteiger partial charge in [-0.25, -0.2) is 0 Å². The first-order chi connectivity index (χ1) is 12.0. The SMILES string of the molecule is COc1ccc(/C=C2\SC(=S)N(c3ccccc3Cl)C2=O)cc1OC. The minimum absolute atomic E-state index is 0.196. The molecule has 1 heterocycles. The minimum Gasteiger partial charge on any atom is -0.493 e. The van der Waals surface area contributed by atoms with Crippen LogP contribution < -0.4 is 14.4 Å². The van der Waals surface area contributed by atoms with E-state index in [1.165, 1.54) is 16.7 Å². The van der Waals surface area contributed by atoms with Gasteiger partial charge in [0.2, 0.25) is 0 Å². The third-order valence-corrected chi connectivity index (χ3v) is 5.21. The van der Waals surface area contributed by atoms with Crippen LogP contribution in [-0.2, 0) is 4.79 Å². The van der Waals surface area contributed by atoms with Crippen LogP contribution in [0.4, 0.5) is 5.69 Å². The third-order valence-electron chi connectivity index (χ3n) is 3.59. The van der Waals surface area contributed by atoms with Gasteiger partial charge in [0.1, 0.15) is 0 Å². The zero-order valence-corrected chi connectivity index (χ0v) is 15.9. The second kappa shape index (κ2) is 7.47. The van der Waals surface area contributed by atoms with Crippen LogP contribution in [0.15, 0.2) is 47.4 Å². The van der Waals surface area contributed by atoms with E-state index in [2.05, 4.69) is 0 Å². The molecule has 0 spiro atoms. The molecule has 0 saturated carbocycles. The van der Waals surface area contributed by atoms with Crippen molar-refractivity contribution in [2.24, 2.45) is 0 Å². The minimum atomic E-state index is -0.196. The summed E-state index contributed by atoms with van der Waals surface area (Å²) in [4.78, 5) is 14.8. The second-order valence-electron chi connectivity index (χ2n) is 5.08. The predicted octanol–water partition coefficient (Wildman–Crippen LogP) is 4.76. The fourth-order valence-corrected chi connectivity index (χ4v) is 3.91. The molecule has 4 nitrogen and oxygen atoms in total. The smallest absolute Gasteiger partial charge is 0.270 e. The summed E-state index contributed by atoms with van der Waals surface area (Å²) in [5, 5.41) is 0.478. The first kappa shape index (κ1) is 17.8. The van der Waals surface area contributed by atoms with Gasteiger partial charge in [0.25, 0.3) is 5.91 Å². The summed E-state index contributed by atoms with van der Waals surface area (Å²) in [6.07, 6.45) is 1.78. The Hall–Kier alpha value is -2.02. The van der Waals surface area contributed by atoms with E-state index in [0.717, 1.165) is 5.56 Å². The van der Waals surface area contributed by atoms with Crippen molar-refractivity contribution in [2.45, 2.75) is 0 Å². The summed E-state index contributed by atoms with van der Waals surface area (Å²) in [6, 6.07) is 12.6. The van der Waals surface area contributed by atoms with Crippen molar-refractivity contribution >= 4 is 57.6 Å². The van der Waals surface area contributed by atoms with Crippen molar-refractivity contribution in [3.8, 4) is 11.5 Å². The van der Waals surface area contributed by atoms with E-state index in [4.69, 9.17) is 33.3 Å². The normalized spacial score (nSPS) is 15.8. The van der Waals surface area contributed by atoms with Crippen LogP contribution in [0.25, 0.3) is 6.08 Å². The Kier molecular flexibility index (Phi) is 5.32. The van der Waals surface area contributed by atoms with Gasteiger partial charge < -0.3 is 9.47 Å². The van der Waals surface area contributed by atoms with E-state index < -0.39 is 0 Å². The molecule has 1 aliphatic heterocycles. The Labute approximate surface area is 160 Å². The molecule has 1 aliphatic rings. The van der Waals surface area contributed by atoms with Crippen molar-refractivity contribution in [3.05, 3.63) is 58.0 Å². The zero-order valence-electron chi connectivity index (χ0n) is 13.5. The number of thioether (sulfide) groups is 1. The Morgan fingerprint density at radius 1 is 1.12 bits per heavy atom. The highest BCUT2D eigenvalue weighted by atomic mass is 35.5. The molecular formula is C18H14ClNO3S2. The van der Waals surface area contributed by atoms with Crippen LogP contribution in [0.1, 0.15) is 5.56 Å². The van der Waals surface area contributed by atoms with Crippen LogP contribution in [0.3, 0.4) is 0 Å². The number of carbonyl (C=O) groups is 1. The number of ether oxygens (including phenoxy) is 2. The van der Waals surface area contributed by atoms with E-state index >= 15 is 0 Å². The molecule has 128 valence electrons. The van der Waals surface area contributed by atoms with Crippen LogP contribution in [0, 0.1) is 0 Å². The summed E-state index contributed by atoms with van der Waals surface area (Å²) in [6.45, 7) is 0. The molecule has 0 aromatic heterocycles. The summed E-state index contributed by atoms with van der Waals surface area (Å²) >= 11 is 12.8. The van der Waals surface area contributed by atoms with Crippen molar-refractivity contribution < 1.29 is 14.3 Å². The number of benzene rings is 2. The Balaban J connectivity index is 1.95. The van der Waals surface area contributed by atoms with E-state index in [0.29, 0.717) is 31.4 Å². The largest absolute Gasteiger partial charge is 0.493 e. The van der Waals surface area contributed by atoms with Crippen molar-refractivity contribution in [3.63, 3.8) is 0 Å². The third kappa shape index (κ3) is 3.51. The van der Waals surface area contributed by atoms with Gasteiger partial charge in [-0.2, -0.15) is 0 Å². The number of thiocarbonyl (C=S) groups is 1. The Morgan fingerprint density at radius 2 is 1.84 bits per heavy atom. The lowest BCUT2D eigenvalue weighted by Crippen LogP contribution is -2.27. The molecule has 0 N–H and O–H groups in total. The van der Waals surface area contributed by atoms with Gasteiger partial charge >= 0.3 is 0 Å². The maximum atomic E-state index is 12.8. The molecule has 1 saturated heterocycles. The molecule has 25 heavy (non-hydrogen) atoms. The van der Waals surface area contributed by atoms with Gasteiger partial charge in [-0.05, 0) is 35.9 Å². The van der Waals surface area contributed by atoms with Gasteiger partial charge in [0, 0.05) is 0 Å². The van der Waals surface area contributed by atoms with E-state index in [9.17, 15) is 4.79 Å². The van der Waals surface area contributed by atoms with Crippen molar-refractivity contribution in [1.29, 1.82) is 0 Å². The fraction of sp³-hybridized carbons (Fsp3) is 0.111. The predicted molar refractivity (Wildman–Crippen MR) is 107 cm³/mol. The average Bonchev–Trinajstić information content (AvgIpc) is 2.89. The van der Waals surface area contributed by atoms with E-state index in [1.807, 2.05) is 18.2 Å². The van der Waals surface area contributed by atoms with Gasteiger partial charge in [0.05, 0.1) is 29.8 Å². The molecule has 0 atom stereocenters. The topological polar surface area (TPSA) is 38.8 Å². The van der Waals surface area contributed by atoms with Crippen LogP contribution in [-0.4, -0.2) is 24.4 Å². The number of carbonyl (C=O) groups excluding carboxylic acids is 1. The highest BCUT2D eigenvalue weighted by molar-refractivity contribution is 8.27. The van der Waals surface area contributed by atoms with Crippen molar-refractivity contribution in [2.75, 3.05) is 19.1 Å². The quantitative estimate of drug-likeness (QED) is 0.554. The van der Waals surface area contributed by atoms with Crippen LogP contribution in [0.5, 0.6) is 11.5 Å². The average molecular weight is 392 g/mol. The molecule has 7 heteroatoms. The summed E-state index contributed by atoms with van der Waals surface area (Å²) in [5.74, 6) is 1.03.